The van der Waals surface area contributed by atoms with Gasteiger partial charge in [-0.15, -0.1) is 0 Å². The summed E-state index contributed by atoms with van der Waals surface area (Å²) in [6.07, 6.45) is 0.367. The number of ketones is 1. The average Bonchev–Trinajstić information content (AvgIpc) is 2.37. The van der Waals surface area contributed by atoms with E-state index >= 15 is 0 Å². The highest BCUT2D eigenvalue weighted by Gasteiger charge is 2.16. The summed E-state index contributed by atoms with van der Waals surface area (Å²) < 4.78 is 0. The van der Waals surface area contributed by atoms with E-state index in [1.54, 1.807) is 0 Å². The Hall–Kier alpha value is -2.06. The van der Waals surface area contributed by atoms with Crippen LogP contribution in [0, 0.1) is 11.3 Å². The fourth-order valence-electron chi connectivity index (χ4n) is 1.69. The molecule has 0 atom stereocenters. The summed E-state index contributed by atoms with van der Waals surface area (Å²) in [5.74, 6) is -0.706. The summed E-state index contributed by atoms with van der Waals surface area (Å²) in [4.78, 5) is 14.0. The van der Waals surface area contributed by atoms with Crippen LogP contribution < -0.4 is 0 Å². The van der Waals surface area contributed by atoms with Gasteiger partial charge in [-0.1, -0.05) is 0 Å². The Morgan fingerprint density at radius 3 is 2.58 bits per heavy atom. The first kappa shape index (κ1) is 15.0. The molecule has 1 aromatic carbocycles. The number of aromatic hydroxyl groups is 2. The number of rotatable bonds is 6. The average molecular weight is 262 g/mol. The Morgan fingerprint density at radius 2 is 2.05 bits per heavy atom. The van der Waals surface area contributed by atoms with Gasteiger partial charge in [0.2, 0.25) is 0 Å². The zero-order valence-corrected chi connectivity index (χ0v) is 11.1. The fourth-order valence-corrected chi connectivity index (χ4v) is 1.69. The Balaban J connectivity index is 2.76. The Bertz CT molecular complexity index is 492. The number of nitrogens with zero attached hydrogens (tertiary/aromatic N) is 2. The normalized spacial score (nSPS) is 10.7. The van der Waals surface area contributed by atoms with Crippen LogP contribution in [0.1, 0.15) is 30.6 Å². The van der Waals surface area contributed by atoms with Gasteiger partial charge in [0.25, 0.3) is 0 Å². The third-order valence-corrected chi connectivity index (χ3v) is 2.89. The summed E-state index contributed by atoms with van der Waals surface area (Å²) in [6, 6.07) is 6.22. The predicted octanol–water partition coefficient (Wildman–Crippen LogP) is 1.90. The number of carbonyl (C=O) groups is 1. The van der Waals surface area contributed by atoms with Gasteiger partial charge >= 0.3 is 0 Å². The second-order valence-corrected chi connectivity index (χ2v) is 4.60. The largest absolute Gasteiger partial charge is 0.504 e. The lowest BCUT2D eigenvalue weighted by Gasteiger charge is -2.24. The molecule has 0 fully saturated rings. The number of hydrogen-bond acceptors (Lipinski definition) is 5. The van der Waals surface area contributed by atoms with Gasteiger partial charge in [-0.2, -0.15) is 5.26 Å². The standard InChI is InChI=1S/C14H18N2O3/c1-10(2)16(7-3-6-15)9-14(19)11-4-5-12(17)13(18)8-11/h4-5,8,10,17-18H,3,7,9H2,1-2H3. The smallest absolute Gasteiger partial charge is 0.176 e. The number of carbonyl (C=O) groups excluding carboxylic acids is 1. The van der Waals surface area contributed by atoms with Crippen molar-refractivity contribution < 1.29 is 15.0 Å². The molecule has 5 heteroatoms. The molecule has 0 aliphatic heterocycles. The first-order valence-corrected chi connectivity index (χ1v) is 6.12. The maximum Gasteiger partial charge on any atom is 0.176 e. The summed E-state index contributed by atoms with van der Waals surface area (Å²) in [5.41, 5.74) is 0.345. The molecule has 1 rings (SSSR count). The Labute approximate surface area is 112 Å². The zero-order valence-electron chi connectivity index (χ0n) is 11.1. The maximum absolute atomic E-state index is 12.1. The molecule has 0 radical (unpaired) electrons. The maximum atomic E-state index is 12.1. The number of benzene rings is 1. The predicted molar refractivity (Wildman–Crippen MR) is 71.0 cm³/mol. The molecule has 0 aliphatic carbocycles. The Morgan fingerprint density at radius 1 is 1.37 bits per heavy atom. The molecule has 0 aromatic heterocycles. The molecule has 102 valence electrons. The van der Waals surface area contributed by atoms with Crippen molar-refractivity contribution in [3.63, 3.8) is 0 Å². The number of phenolic OH excluding ortho intramolecular Hbond substituents is 2. The van der Waals surface area contributed by atoms with Gasteiger partial charge in [-0.3, -0.25) is 9.69 Å². The van der Waals surface area contributed by atoms with Crippen LogP contribution in [0.5, 0.6) is 11.5 Å². The molecule has 2 N–H and O–H groups in total. The molecule has 0 aliphatic rings. The summed E-state index contributed by atoms with van der Waals surface area (Å²) in [6.45, 7) is 4.63. The highest BCUT2D eigenvalue weighted by atomic mass is 16.3. The summed E-state index contributed by atoms with van der Waals surface area (Å²) >= 11 is 0. The van der Waals surface area contributed by atoms with E-state index in [2.05, 4.69) is 6.07 Å². The molecule has 19 heavy (non-hydrogen) atoms. The van der Waals surface area contributed by atoms with Gasteiger partial charge in [0, 0.05) is 24.6 Å². The first-order chi connectivity index (χ1) is 8.95. The van der Waals surface area contributed by atoms with Crippen molar-refractivity contribution in [1.29, 1.82) is 5.26 Å². The second kappa shape index (κ2) is 6.76. The van der Waals surface area contributed by atoms with Crippen LogP contribution in [0.4, 0.5) is 0 Å². The van der Waals surface area contributed by atoms with Crippen LogP contribution >= 0.6 is 0 Å². The second-order valence-electron chi connectivity index (χ2n) is 4.60. The van der Waals surface area contributed by atoms with E-state index in [0.717, 1.165) is 0 Å². The number of nitriles is 1. The van der Waals surface area contributed by atoms with Crippen LogP contribution in [0.3, 0.4) is 0 Å². The van der Waals surface area contributed by atoms with Gasteiger partial charge in [0.15, 0.2) is 17.3 Å². The topological polar surface area (TPSA) is 84.6 Å². The first-order valence-electron chi connectivity index (χ1n) is 6.12. The van der Waals surface area contributed by atoms with E-state index in [4.69, 9.17) is 5.26 Å². The van der Waals surface area contributed by atoms with Crippen molar-refractivity contribution in [3.8, 4) is 17.6 Å². The van der Waals surface area contributed by atoms with E-state index in [1.807, 2.05) is 18.7 Å². The van der Waals surface area contributed by atoms with Gasteiger partial charge in [-0.25, -0.2) is 0 Å². The molecule has 0 amide bonds. The van der Waals surface area contributed by atoms with Crippen LogP contribution in [-0.4, -0.2) is 40.0 Å². The molecule has 0 spiro atoms. The molecule has 0 unspecified atom stereocenters. The highest BCUT2D eigenvalue weighted by Crippen LogP contribution is 2.25. The molecule has 1 aromatic rings. The summed E-state index contributed by atoms with van der Waals surface area (Å²) in [7, 11) is 0. The van der Waals surface area contributed by atoms with Crippen molar-refractivity contribution in [2.45, 2.75) is 26.3 Å². The van der Waals surface area contributed by atoms with Crippen LogP contribution in [0.2, 0.25) is 0 Å². The molecule has 0 saturated heterocycles. The molecular formula is C14H18N2O3. The van der Waals surface area contributed by atoms with Crippen LogP contribution in [0.25, 0.3) is 0 Å². The lowest BCUT2D eigenvalue weighted by Crippen LogP contribution is -2.36. The van der Waals surface area contributed by atoms with Gasteiger partial charge in [0.05, 0.1) is 12.6 Å². The van der Waals surface area contributed by atoms with Crippen molar-refractivity contribution >= 4 is 5.78 Å². The molecular weight excluding hydrogens is 244 g/mol. The van der Waals surface area contributed by atoms with E-state index in [0.29, 0.717) is 18.5 Å². The van der Waals surface area contributed by atoms with Gasteiger partial charge in [-0.05, 0) is 32.0 Å². The lowest BCUT2D eigenvalue weighted by molar-refractivity contribution is 0.0907. The zero-order chi connectivity index (χ0) is 14.4. The molecule has 0 bridgehead atoms. The van der Waals surface area contributed by atoms with Crippen molar-refractivity contribution in [3.05, 3.63) is 23.8 Å². The number of Topliss-reactive ketones (excluding diaryl/α,β-unsaturated/α-hetero) is 1. The third-order valence-electron chi connectivity index (χ3n) is 2.89. The highest BCUT2D eigenvalue weighted by molar-refractivity contribution is 5.98. The fraction of sp³-hybridized carbons (Fsp3) is 0.429. The minimum atomic E-state index is -0.307. The van der Waals surface area contributed by atoms with E-state index in [1.165, 1.54) is 18.2 Å². The quantitative estimate of drug-likeness (QED) is 0.604. The minimum Gasteiger partial charge on any atom is -0.504 e. The molecule has 0 heterocycles. The van der Waals surface area contributed by atoms with Crippen molar-refractivity contribution in [2.24, 2.45) is 0 Å². The Kier molecular flexibility index (Phi) is 5.34. The van der Waals surface area contributed by atoms with E-state index in [-0.39, 0.29) is 29.9 Å². The summed E-state index contributed by atoms with van der Waals surface area (Å²) in [5, 5.41) is 27.2. The van der Waals surface area contributed by atoms with E-state index in [9.17, 15) is 15.0 Å². The number of phenols is 2. The SMILES string of the molecule is CC(C)N(CCC#N)CC(=O)c1ccc(O)c(O)c1. The third kappa shape index (κ3) is 4.27. The number of hydrogen-bond donors (Lipinski definition) is 2. The molecule has 0 saturated carbocycles. The van der Waals surface area contributed by atoms with Crippen LogP contribution in [0.15, 0.2) is 18.2 Å². The van der Waals surface area contributed by atoms with Crippen molar-refractivity contribution in [2.75, 3.05) is 13.1 Å². The molecule has 5 nitrogen and oxygen atoms in total. The van der Waals surface area contributed by atoms with Gasteiger partial charge in [0.1, 0.15) is 0 Å². The monoisotopic (exact) mass is 262 g/mol. The van der Waals surface area contributed by atoms with Crippen molar-refractivity contribution in [1.82, 2.24) is 4.90 Å². The van der Waals surface area contributed by atoms with Gasteiger partial charge < -0.3 is 10.2 Å². The van der Waals surface area contributed by atoms with Crippen LogP contribution in [-0.2, 0) is 0 Å². The minimum absolute atomic E-state index is 0.151. The van der Waals surface area contributed by atoms with E-state index < -0.39 is 0 Å². The lowest BCUT2D eigenvalue weighted by atomic mass is 10.1.